The molecule has 2 atom stereocenters. The number of primary amides is 1. The van der Waals surface area contributed by atoms with E-state index in [1.165, 1.54) is 6.92 Å². The molecule has 9 heteroatoms. The van der Waals surface area contributed by atoms with Gasteiger partial charge in [-0.05, 0) is 33.3 Å². The maximum Gasteiger partial charge on any atom is 0.408 e. The molecule has 5 N–H and O–H groups in total. The van der Waals surface area contributed by atoms with Gasteiger partial charge in [0, 0.05) is 6.42 Å². The van der Waals surface area contributed by atoms with E-state index >= 15 is 0 Å². The van der Waals surface area contributed by atoms with Crippen molar-refractivity contribution in [1.82, 2.24) is 16.0 Å². The maximum atomic E-state index is 12.0. The summed E-state index contributed by atoms with van der Waals surface area (Å²) in [5.74, 6) is -1.82. The second-order valence-electron chi connectivity index (χ2n) is 7.30. The Morgan fingerprint density at radius 2 is 1.68 bits per heavy atom. The molecule has 0 aliphatic carbocycles. The third kappa shape index (κ3) is 9.02. The molecule has 1 rings (SSSR count). The third-order valence-electron chi connectivity index (χ3n) is 3.51. The lowest BCUT2D eigenvalue weighted by Gasteiger charge is -2.21. The molecule has 0 saturated heterocycles. The third-order valence-corrected chi connectivity index (χ3v) is 3.51. The number of hydrogen-bond donors (Lipinski definition) is 4. The van der Waals surface area contributed by atoms with Crippen molar-refractivity contribution in [2.75, 3.05) is 6.54 Å². The first-order valence-electron chi connectivity index (χ1n) is 8.88. The second kappa shape index (κ2) is 10.3. The number of nitrogens with two attached hydrogens (primary N) is 1. The number of hydrogen-bond acceptors (Lipinski definition) is 5. The van der Waals surface area contributed by atoms with Crippen molar-refractivity contribution >= 4 is 23.8 Å². The van der Waals surface area contributed by atoms with E-state index in [-0.39, 0.29) is 13.0 Å². The Balaban J connectivity index is 2.47. The molecule has 154 valence electrons. The molecule has 28 heavy (non-hydrogen) atoms. The fraction of sp³-hybridized carbons (Fsp3) is 0.474. The molecule has 0 aromatic heterocycles. The van der Waals surface area contributed by atoms with Gasteiger partial charge in [-0.25, -0.2) is 4.79 Å². The molecule has 0 heterocycles. The fourth-order valence-electron chi connectivity index (χ4n) is 2.19. The fourth-order valence-corrected chi connectivity index (χ4v) is 2.19. The quantitative estimate of drug-likeness (QED) is 0.501. The molecular formula is C19H28N4O5. The number of nitrogens with one attached hydrogen (secondary N) is 3. The molecule has 0 radical (unpaired) electrons. The molecule has 0 spiro atoms. The molecule has 0 fully saturated rings. The lowest BCUT2D eigenvalue weighted by atomic mass is 10.1. The van der Waals surface area contributed by atoms with Crippen LogP contribution in [0.15, 0.2) is 30.3 Å². The summed E-state index contributed by atoms with van der Waals surface area (Å²) in [6, 6.07) is 7.29. The maximum absolute atomic E-state index is 12.0. The van der Waals surface area contributed by atoms with Crippen LogP contribution >= 0.6 is 0 Å². The second-order valence-corrected chi connectivity index (χ2v) is 7.30. The van der Waals surface area contributed by atoms with E-state index in [1.54, 1.807) is 20.8 Å². The van der Waals surface area contributed by atoms with Crippen LogP contribution in [-0.4, -0.2) is 48.0 Å². The molecule has 0 aliphatic rings. The van der Waals surface area contributed by atoms with Gasteiger partial charge in [0.25, 0.3) is 0 Å². The zero-order chi connectivity index (χ0) is 21.3. The van der Waals surface area contributed by atoms with E-state index in [4.69, 9.17) is 10.5 Å². The van der Waals surface area contributed by atoms with Gasteiger partial charge in [0.2, 0.25) is 17.7 Å². The molecule has 0 unspecified atom stereocenters. The van der Waals surface area contributed by atoms with Crippen LogP contribution in [0.3, 0.4) is 0 Å². The minimum Gasteiger partial charge on any atom is -0.444 e. The zero-order valence-corrected chi connectivity index (χ0v) is 16.6. The van der Waals surface area contributed by atoms with Gasteiger partial charge in [0.15, 0.2) is 0 Å². The van der Waals surface area contributed by atoms with Crippen molar-refractivity contribution in [1.29, 1.82) is 0 Å². The normalized spacial score (nSPS) is 13.0. The molecule has 0 bridgehead atoms. The predicted octanol–water partition coefficient (Wildman–Crippen LogP) is 0.229. The first-order chi connectivity index (χ1) is 13.0. The van der Waals surface area contributed by atoms with Gasteiger partial charge < -0.3 is 26.4 Å². The number of carbonyl (C=O) groups excluding carboxylic acids is 4. The van der Waals surface area contributed by atoms with Crippen LogP contribution in [0.4, 0.5) is 4.79 Å². The molecule has 1 aromatic rings. The Hall–Kier alpha value is -3.10. The summed E-state index contributed by atoms with van der Waals surface area (Å²) in [7, 11) is 0. The summed E-state index contributed by atoms with van der Waals surface area (Å²) in [6.45, 7) is 6.20. The smallest absolute Gasteiger partial charge is 0.408 e. The lowest BCUT2D eigenvalue weighted by Crippen LogP contribution is -2.51. The highest BCUT2D eigenvalue weighted by atomic mass is 16.6. The highest BCUT2D eigenvalue weighted by molar-refractivity contribution is 5.91. The van der Waals surface area contributed by atoms with Crippen LogP contribution in [0.25, 0.3) is 0 Å². The van der Waals surface area contributed by atoms with E-state index in [9.17, 15) is 19.2 Å². The van der Waals surface area contributed by atoms with Crippen molar-refractivity contribution in [3.05, 3.63) is 35.9 Å². The number of carbonyl (C=O) groups is 4. The van der Waals surface area contributed by atoms with Crippen molar-refractivity contribution < 1.29 is 23.9 Å². The molecular weight excluding hydrogens is 364 g/mol. The largest absolute Gasteiger partial charge is 0.444 e. The SMILES string of the molecule is C[C@@H](NC(=O)OC(C)(C)C)C(=O)NCC(=O)N[C@@H](Cc1ccccc1)C(N)=O. The standard InChI is InChI=1S/C19H28N4O5/c1-12(22-18(27)28-19(2,3)4)17(26)21-11-15(24)23-14(16(20)25)10-13-8-6-5-7-9-13/h5-9,12,14H,10-11H2,1-4H3,(H2,20,25)(H,21,26)(H,22,27)(H,23,24)/t12-,14+/m1/s1. The van der Waals surface area contributed by atoms with Gasteiger partial charge in [0.05, 0.1) is 6.54 Å². The average molecular weight is 392 g/mol. The molecule has 4 amide bonds. The Morgan fingerprint density at radius 1 is 1.07 bits per heavy atom. The van der Waals surface area contributed by atoms with Crippen molar-refractivity contribution in [2.24, 2.45) is 5.73 Å². The molecule has 0 saturated carbocycles. The van der Waals surface area contributed by atoms with Gasteiger partial charge in [-0.15, -0.1) is 0 Å². The minimum atomic E-state index is -0.904. The minimum absolute atomic E-state index is 0.243. The molecule has 1 aromatic carbocycles. The van der Waals surface area contributed by atoms with E-state index in [0.717, 1.165) is 5.56 Å². The number of alkyl carbamates (subject to hydrolysis) is 1. The van der Waals surface area contributed by atoms with Gasteiger partial charge >= 0.3 is 6.09 Å². The number of rotatable bonds is 8. The van der Waals surface area contributed by atoms with Crippen LogP contribution in [0.2, 0.25) is 0 Å². The van der Waals surface area contributed by atoms with Crippen LogP contribution in [0.5, 0.6) is 0 Å². The summed E-state index contributed by atoms with van der Waals surface area (Å²) in [4.78, 5) is 47.3. The molecule has 9 nitrogen and oxygen atoms in total. The van der Waals surface area contributed by atoms with Crippen molar-refractivity contribution in [3.63, 3.8) is 0 Å². The number of amides is 4. The van der Waals surface area contributed by atoms with Gasteiger partial charge in [-0.1, -0.05) is 30.3 Å². The number of ether oxygens (including phenoxy) is 1. The summed E-state index contributed by atoms with van der Waals surface area (Å²) in [6.07, 6.45) is -0.497. The van der Waals surface area contributed by atoms with E-state index < -0.39 is 41.5 Å². The Bertz CT molecular complexity index is 700. The van der Waals surface area contributed by atoms with Gasteiger partial charge in [-0.2, -0.15) is 0 Å². The van der Waals surface area contributed by atoms with E-state index in [0.29, 0.717) is 0 Å². The zero-order valence-electron chi connectivity index (χ0n) is 16.6. The summed E-state index contributed by atoms with van der Waals surface area (Å²) >= 11 is 0. The summed E-state index contributed by atoms with van der Waals surface area (Å²) < 4.78 is 5.06. The van der Waals surface area contributed by atoms with Crippen LogP contribution in [0.1, 0.15) is 33.3 Å². The molecule has 0 aliphatic heterocycles. The first-order valence-corrected chi connectivity index (χ1v) is 8.88. The van der Waals surface area contributed by atoms with E-state index in [2.05, 4.69) is 16.0 Å². The Morgan fingerprint density at radius 3 is 2.21 bits per heavy atom. The topological polar surface area (TPSA) is 140 Å². The van der Waals surface area contributed by atoms with E-state index in [1.807, 2.05) is 30.3 Å². The lowest BCUT2D eigenvalue weighted by molar-refractivity contribution is -0.129. The van der Waals surface area contributed by atoms with Gasteiger partial charge in [-0.3, -0.25) is 14.4 Å². The van der Waals surface area contributed by atoms with Crippen molar-refractivity contribution in [2.45, 2.75) is 51.8 Å². The highest BCUT2D eigenvalue weighted by Gasteiger charge is 2.22. The summed E-state index contributed by atoms with van der Waals surface area (Å²) in [5, 5.41) is 7.25. The van der Waals surface area contributed by atoms with Crippen LogP contribution in [-0.2, 0) is 25.5 Å². The highest BCUT2D eigenvalue weighted by Crippen LogP contribution is 2.06. The number of benzene rings is 1. The first kappa shape index (κ1) is 22.9. The Labute approximate surface area is 164 Å². The van der Waals surface area contributed by atoms with Gasteiger partial charge in [0.1, 0.15) is 17.7 Å². The van der Waals surface area contributed by atoms with Crippen molar-refractivity contribution in [3.8, 4) is 0 Å². The van der Waals surface area contributed by atoms with Crippen LogP contribution in [0, 0.1) is 0 Å². The average Bonchev–Trinajstić information content (AvgIpc) is 2.58. The monoisotopic (exact) mass is 392 g/mol. The van der Waals surface area contributed by atoms with Crippen LogP contribution < -0.4 is 21.7 Å². The predicted molar refractivity (Wildman–Crippen MR) is 103 cm³/mol. The Kier molecular flexibility index (Phi) is 8.43. The summed E-state index contributed by atoms with van der Waals surface area (Å²) in [5.41, 5.74) is 5.49.